The van der Waals surface area contributed by atoms with Crippen molar-refractivity contribution in [2.75, 3.05) is 6.61 Å². The van der Waals surface area contributed by atoms with Crippen LogP contribution in [-0.2, 0) is 11.3 Å². The van der Waals surface area contributed by atoms with Gasteiger partial charge in [-0.2, -0.15) is 0 Å². The zero-order valence-corrected chi connectivity index (χ0v) is 14.6. The SMILES string of the molecule is CC(=O)c1ccc(OCCCC(=O)NCc2nc3ccccc3[nH]2)cc1. The highest BCUT2D eigenvalue weighted by Crippen LogP contribution is 2.13. The van der Waals surface area contributed by atoms with Crippen LogP contribution in [0.15, 0.2) is 48.5 Å². The van der Waals surface area contributed by atoms with Gasteiger partial charge in [-0.1, -0.05) is 12.1 Å². The van der Waals surface area contributed by atoms with Crippen LogP contribution in [0.4, 0.5) is 0 Å². The molecule has 6 nitrogen and oxygen atoms in total. The first-order chi connectivity index (χ1) is 12.6. The number of rotatable bonds is 8. The molecule has 0 spiro atoms. The van der Waals surface area contributed by atoms with E-state index in [2.05, 4.69) is 15.3 Å². The molecule has 1 aromatic heterocycles. The van der Waals surface area contributed by atoms with Crippen molar-refractivity contribution in [3.63, 3.8) is 0 Å². The van der Waals surface area contributed by atoms with Crippen molar-refractivity contribution in [1.29, 1.82) is 0 Å². The van der Waals surface area contributed by atoms with Gasteiger partial charge < -0.3 is 15.0 Å². The molecule has 0 radical (unpaired) electrons. The molecular weight excluding hydrogens is 330 g/mol. The second-order valence-corrected chi connectivity index (χ2v) is 6.01. The van der Waals surface area contributed by atoms with Gasteiger partial charge in [0.05, 0.1) is 24.2 Å². The summed E-state index contributed by atoms with van der Waals surface area (Å²) in [5.41, 5.74) is 2.50. The molecule has 0 aliphatic heterocycles. The number of aromatic amines is 1. The molecule has 26 heavy (non-hydrogen) atoms. The molecular formula is C20H21N3O3. The van der Waals surface area contributed by atoms with Crippen LogP contribution < -0.4 is 10.1 Å². The summed E-state index contributed by atoms with van der Waals surface area (Å²) < 4.78 is 5.58. The van der Waals surface area contributed by atoms with E-state index in [9.17, 15) is 9.59 Å². The molecule has 2 N–H and O–H groups in total. The molecule has 2 aromatic carbocycles. The highest BCUT2D eigenvalue weighted by molar-refractivity contribution is 5.94. The van der Waals surface area contributed by atoms with Crippen LogP contribution in [0.2, 0.25) is 0 Å². The summed E-state index contributed by atoms with van der Waals surface area (Å²) >= 11 is 0. The van der Waals surface area contributed by atoms with E-state index < -0.39 is 0 Å². The van der Waals surface area contributed by atoms with E-state index in [-0.39, 0.29) is 11.7 Å². The molecule has 134 valence electrons. The molecule has 3 aromatic rings. The monoisotopic (exact) mass is 351 g/mol. The Kier molecular flexibility index (Phi) is 5.63. The van der Waals surface area contributed by atoms with E-state index in [4.69, 9.17) is 4.74 Å². The Labute approximate surface area is 151 Å². The van der Waals surface area contributed by atoms with Gasteiger partial charge >= 0.3 is 0 Å². The maximum atomic E-state index is 11.9. The number of nitrogens with zero attached hydrogens (tertiary/aromatic N) is 1. The van der Waals surface area contributed by atoms with E-state index in [1.54, 1.807) is 24.3 Å². The van der Waals surface area contributed by atoms with E-state index in [1.807, 2.05) is 24.3 Å². The summed E-state index contributed by atoms with van der Waals surface area (Å²) in [6.45, 7) is 2.35. The Morgan fingerprint density at radius 1 is 1.12 bits per heavy atom. The lowest BCUT2D eigenvalue weighted by Gasteiger charge is -2.07. The summed E-state index contributed by atoms with van der Waals surface area (Å²) in [5, 5.41) is 2.85. The van der Waals surface area contributed by atoms with Crippen molar-refractivity contribution < 1.29 is 14.3 Å². The third-order valence-electron chi connectivity index (χ3n) is 3.97. The van der Waals surface area contributed by atoms with Gasteiger partial charge in [-0.15, -0.1) is 0 Å². The minimum Gasteiger partial charge on any atom is -0.494 e. The number of fused-ring (bicyclic) bond motifs is 1. The zero-order chi connectivity index (χ0) is 18.4. The molecule has 0 saturated heterocycles. The third kappa shape index (κ3) is 4.69. The number of H-pyrrole nitrogens is 1. The van der Waals surface area contributed by atoms with Crippen LogP contribution in [0.3, 0.4) is 0 Å². The number of imidazole rings is 1. The minimum absolute atomic E-state index is 0.0256. The summed E-state index contributed by atoms with van der Waals surface area (Å²) in [5.74, 6) is 1.41. The topological polar surface area (TPSA) is 84.1 Å². The maximum absolute atomic E-state index is 11.9. The van der Waals surface area contributed by atoms with Crippen LogP contribution in [0.1, 0.15) is 35.9 Å². The van der Waals surface area contributed by atoms with E-state index in [0.717, 1.165) is 16.9 Å². The maximum Gasteiger partial charge on any atom is 0.220 e. The van der Waals surface area contributed by atoms with Crippen molar-refractivity contribution in [3.8, 4) is 5.75 Å². The van der Waals surface area contributed by atoms with Gasteiger partial charge in [0, 0.05) is 12.0 Å². The number of para-hydroxylation sites is 2. The Morgan fingerprint density at radius 2 is 1.88 bits per heavy atom. The Bertz CT molecular complexity index is 867. The van der Waals surface area contributed by atoms with E-state index >= 15 is 0 Å². The van der Waals surface area contributed by atoms with Gasteiger partial charge in [0.1, 0.15) is 11.6 Å². The number of ether oxygens (including phenoxy) is 1. The lowest BCUT2D eigenvalue weighted by atomic mass is 10.1. The minimum atomic E-state index is -0.0408. The third-order valence-corrected chi connectivity index (χ3v) is 3.97. The lowest BCUT2D eigenvalue weighted by Crippen LogP contribution is -2.23. The average Bonchev–Trinajstić information content (AvgIpc) is 3.07. The molecule has 0 saturated carbocycles. The Balaban J connectivity index is 1.36. The number of ketones is 1. The average molecular weight is 351 g/mol. The first kappa shape index (κ1) is 17.7. The molecule has 1 amide bonds. The lowest BCUT2D eigenvalue weighted by molar-refractivity contribution is -0.121. The predicted molar refractivity (Wildman–Crippen MR) is 99.1 cm³/mol. The quantitative estimate of drug-likeness (QED) is 0.482. The van der Waals surface area contributed by atoms with E-state index in [1.165, 1.54) is 6.92 Å². The van der Waals surface area contributed by atoms with Gasteiger partial charge in [-0.25, -0.2) is 4.98 Å². The van der Waals surface area contributed by atoms with Gasteiger partial charge in [0.2, 0.25) is 5.91 Å². The summed E-state index contributed by atoms with van der Waals surface area (Å²) in [6.07, 6.45) is 0.992. The number of nitrogens with one attached hydrogen (secondary N) is 2. The fourth-order valence-corrected chi connectivity index (χ4v) is 2.57. The molecule has 1 heterocycles. The summed E-state index contributed by atoms with van der Waals surface area (Å²) in [7, 11) is 0. The number of aromatic nitrogens is 2. The van der Waals surface area contributed by atoms with Gasteiger partial charge in [0.25, 0.3) is 0 Å². The number of carbonyl (C=O) groups is 2. The number of benzene rings is 2. The number of amides is 1. The Morgan fingerprint density at radius 3 is 2.62 bits per heavy atom. The molecule has 6 heteroatoms. The molecule has 0 bridgehead atoms. The van der Waals surface area contributed by atoms with Crippen LogP contribution in [-0.4, -0.2) is 28.3 Å². The van der Waals surface area contributed by atoms with Crippen LogP contribution >= 0.6 is 0 Å². The van der Waals surface area contributed by atoms with Crippen LogP contribution in [0, 0.1) is 0 Å². The second-order valence-electron chi connectivity index (χ2n) is 6.01. The molecule has 0 aliphatic carbocycles. The summed E-state index contributed by atoms with van der Waals surface area (Å²) in [6, 6.07) is 14.7. The first-order valence-corrected chi connectivity index (χ1v) is 8.56. The number of hydrogen-bond acceptors (Lipinski definition) is 4. The molecule has 0 atom stereocenters. The predicted octanol–water partition coefficient (Wildman–Crippen LogP) is 3.24. The van der Waals surface area contributed by atoms with Crippen LogP contribution in [0.25, 0.3) is 11.0 Å². The van der Waals surface area contributed by atoms with Crippen LogP contribution in [0.5, 0.6) is 5.75 Å². The van der Waals surface area contributed by atoms with Crippen molar-refractivity contribution in [2.24, 2.45) is 0 Å². The number of carbonyl (C=O) groups excluding carboxylic acids is 2. The van der Waals surface area contributed by atoms with E-state index in [0.29, 0.717) is 37.3 Å². The highest BCUT2D eigenvalue weighted by atomic mass is 16.5. The first-order valence-electron chi connectivity index (χ1n) is 8.56. The highest BCUT2D eigenvalue weighted by Gasteiger charge is 2.05. The number of hydrogen-bond donors (Lipinski definition) is 2. The molecule has 0 fully saturated rings. The Hall–Kier alpha value is -3.15. The fraction of sp³-hybridized carbons (Fsp3) is 0.250. The van der Waals surface area contributed by atoms with Crippen molar-refractivity contribution in [2.45, 2.75) is 26.3 Å². The van der Waals surface area contributed by atoms with Gasteiger partial charge in [-0.3, -0.25) is 9.59 Å². The fourth-order valence-electron chi connectivity index (χ4n) is 2.57. The smallest absolute Gasteiger partial charge is 0.220 e. The normalized spacial score (nSPS) is 10.7. The zero-order valence-electron chi connectivity index (χ0n) is 14.6. The van der Waals surface area contributed by atoms with Gasteiger partial charge in [0.15, 0.2) is 5.78 Å². The standard InChI is InChI=1S/C20H21N3O3/c1-14(24)15-8-10-16(11-9-15)26-12-4-7-20(25)21-13-19-22-17-5-2-3-6-18(17)23-19/h2-3,5-6,8-11H,4,7,12-13H2,1H3,(H,21,25)(H,22,23). The van der Waals surface area contributed by atoms with Crippen molar-refractivity contribution in [1.82, 2.24) is 15.3 Å². The largest absolute Gasteiger partial charge is 0.494 e. The molecule has 0 unspecified atom stereocenters. The van der Waals surface area contributed by atoms with Gasteiger partial charge in [-0.05, 0) is 49.7 Å². The number of Topliss-reactive ketones (excluding diaryl/α,β-unsaturated/α-hetero) is 1. The molecule has 3 rings (SSSR count). The summed E-state index contributed by atoms with van der Waals surface area (Å²) in [4.78, 5) is 30.7. The van der Waals surface area contributed by atoms with Crippen molar-refractivity contribution in [3.05, 3.63) is 59.9 Å². The second kappa shape index (κ2) is 8.29. The molecule has 0 aliphatic rings. The van der Waals surface area contributed by atoms with Crippen molar-refractivity contribution >= 4 is 22.7 Å².